The summed E-state index contributed by atoms with van der Waals surface area (Å²) in [7, 11) is 0. The van der Waals surface area contributed by atoms with Crippen molar-refractivity contribution in [3.63, 3.8) is 0 Å². The number of hydrogen-bond acceptors (Lipinski definition) is 3. The summed E-state index contributed by atoms with van der Waals surface area (Å²) in [5.74, 6) is -0.238. The van der Waals surface area contributed by atoms with Crippen LogP contribution in [0, 0.1) is 0 Å². The third kappa shape index (κ3) is 3.14. The number of azo groups is 1. The molecule has 0 aliphatic carbocycles. The van der Waals surface area contributed by atoms with Crippen molar-refractivity contribution < 1.29 is 18.3 Å². The van der Waals surface area contributed by atoms with E-state index < -0.39 is 11.7 Å². The fourth-order valence-electron chi connectivity index (χ4n) is 2.09. The van der Waals surface area contributed by atoms with Crippen LogP contribution in [-0.2, 0) is 6.18 Å². The molecule has 0 unspecified atom stereocenters. The summed E-state index contributed by atoms with van der Waals surface area (Å²) in [5.41, 5.74) is -0.0967. The van der Waals surface area contributed by atoms with Crippen LogP contribution in [0.2, 0.25) is 5.02 Å². The van der Waals surface area contributed by atoms with Crippen LogP contribution >= 0.6 is 11.6 Å². The third-order valence-corrected chi connectivity index (χ3v) is 3.39. The van der Waals surface area contributed by atoms with Crippen molar-refractivity contribution in [1.29, 1.82) is 0 Å². The monoisotopic (exact) mass is 339 g/mol. The predicted molar refractivity (Wildman–Crippen MR) is 80.6 cm³/mol. The zero-order valence-corrected chi connectivity index (χ0v) is 12.2. The van der Waals surface area contributed by atoms with E-state index in [0.29, 0.717) is 15.9 Å². The predicted octanol–water partition coefficient (Wildman–Crippen LogP) is 5.96. The minimum Gasteiger partial charge on any atom is -0.493 e. The van der Waals surface area contributed by atoms with Crippen LogP contribution in [-0.4, -0.2) is 10.1 Å². The normalized spacial score (nSPS) is 12.3. The summed E-state index contributed by atoms with van der Waals surface area (Å²) in [6, 6.07) is 9.31. The standard InChI is InChI=1S/C15H9ClF3N3O/c16-9-4-5-12-11(7-9)13(14(23)20-12)22-21-10-3-1-2-8(6-10)15(17,18)19/h1-7,20,23H. The number of H-pyrrole nitrogens is 1. The summed E-state index contributed by atoms with van der Waals surface area (Å²) in [5, 5.41) is 18.4. The molecule has 0 bridgehead atoms. The van der Waals surface area contributed by atoms with Crippen LogP contribution < -0.4 is 0 Å². The van der Waals surface area contributed by atoms with Crippen molar-refractivity contribution in [1.82, 2.24) is 4.98 Å². The highest BCUT2D eigenvalue weighted by atomic mass is 35.5. The first-order valence-electron chi connectivity index (χ1n) is 6.44. The Balaban J connectivity index is 2.01. The van der Waals surface area contributed by atoms with E-state index in [0.717, 1.165) is 12.1 Å². The fraction of sp³-hybridized carbons (Fsp3) is 0.0667. The molecule has 0 saturated carbocycles. The Morgan fingerprint density at radius 2 is 1.83 bits per heavy atom. The Hall–Kier alpha value is -2.54. The van der Waals surface area contributed by atoms with E-state index in [1.54, 1.807) is 18.2 Å². The first-order valence-corrected chi connectivity index (χ1v) is 6.81. The average molecular weight is 340 g/mol. The molecule has 1 aromatic heterocycles. The Morgan fingerprint density at radius 1 is 1.04 bits per heavy atom. The second kappa shape index (κ2) is 5.58. The van der Waals surface area contributed by atoms with Gasteiger partial charge in [0.25, 0.3) is 0 Å². The number of fused-ring (bicyclic) bond motifs is 1. The van der Waals surface area contributed by atoms with Gasteiger partial charge in [-0.3, -0.25) is 0 Å². The van der Waals surface area contributed by atoms with E-state index in [-0.39, 0.29) is 17.3 Å². The van der Waals surface area contributed by atoms with Crippen LogP contribution in [0.1, 0.15) is 5.56 Å². The van der Waals surface area contributed by atoms with Crippen LogP contribution in [0.3, 0.4) is 0 Å². The van der Waals surface area contributed by atoms with Gasteiger partial charge in [0.1, 0.15) is 0 Å². The summed E-state index contributed by atoms with van der Waals surface area (Å²) in [6.07, 6.45) is -4.46. The van der Waals surface area contributed by atoms with Gasteiger partial charge >= 0.3 is 6.18 Å². The lowest BCUT2D eigenvalue weighted by Crippen LogP contribution is -2.03. The molecule has 0 atom stereocenters. The lowest BCUT2D eigenvalue weighted by molar-refractivity contribution is -0.137. The van der Waals surface area contributed by atoms with Crippen LogP contribution in [0.4, 0.5) is 24.5 Å². The Bertz CT molecular complexity index is 903. The van der Waals surface area contributed by atoms with Gasteiger partial charge in [0.05, 0.1) is 16.8 Å². The molecule has 2 aromatic carbocycles. The van der Waals surface area contributed by atoms with Crippen LogP contribution in [0.25, 0.3) is 10.9 Å². The third-order valence-electron chi connectivity index (χ3n) is 3.15. The summed E-state index contributed by atoms with van der Waals surface area (Å²) < 4.78 is 38.0. The molecule has 0 aliphatic heterocycles. The molecule has 4 nitrogen and oxygen atoms in total. The van der Waals surface area contributed by atoms with Crippen molar-refractivity contribution in [3.8, 4) is 5.88 Å². The minimum absolute atomic E-state index is 0.0237. The molecule has 0 radical (unpaired) electrons. The molecule has 0 amide bonds. The summed E-state index contributed by atoms with van der Waals surface area (Å²) in [6.45, 7) is 0. The topological polar surface area (TPSA) is 60.7 Å². The molecular weight excluding hydrogens is 331 g/mol. The number of aromatic hydroxyl groups is 1. The molecule has 2 N–H and O–H groups in total. The van der Waals surface area contributed by atoms with E-state index in [4.69, 9.17) is 11.6 Å². The second-order valence-electron chi connectivity index (χ2n) is 4.76. The molecule has 0 fully saturated rings. The molecule has 3 rings (SSSR count). The quantitative estimate of drug-likeness (QED) is 0.556. The van der Waals surface area contributed by atoms with Gasteiger partial charge in [-0.1, -0.05) is 17.7 Å². The first kappa shape index (κ1) is 15.4. The molecule has 0 saturated heterocycles. The summed E-state index contributed by atoms with van der Waals surface area (Å²) in [4.78, 5) is 2.69. The maximum atomic E-state index is 12.7. The second-order valence-corrected chi connectivity index (χ2v) is 5.20. The smallest absolute Gasteiger partial charge is 0.416 e. The number of nitrogens with one attached hydrogen (secondary N) is 1. The van der Waals surface area contributed by atoms with Crippen molar-refractivity contribution in [3.05, 3.63) is 53.1 Å². The maximum absolute atomic E-state index is 12.7. The molecule has 1 heterocycles. The van der Waals surface area contributed by atoms with Gasteiger partial charge in [0.2, 0.25) is 5.88 Å². The van der Waals surface area contributed by atoms with Crippen LogP contribution in [0.5, 0.6) is 5.88 Å². The molecule has 0 spiro atoms. The van der Waals surface area contributed by atoms with Gasteiger partial charge in [-0.25, -0.2) is 0 Å². The number of aromatic amines is 1. The van der Waals surface area contributed by atoms with Gasteiger partial charge < -0.3 is 10.1 Å². The number of benzene rings is 2. The lowest BCUT2D eigenvalue weighted by Gasteiger charge is -2.05. The number of halogens is 4. The number of aromatic nitrogens is 1. The minimum atomic E-state index is -4.46. The first-order chi connectivity index (χ1) is 10.8. The van der Waals surface area contributed by atoms with Crippen molar-refractivity contribution in [2.24, 2.45) is 10.2 Å². The Labute approximate surface area is 133 Å². The van der Waals surface area contributed by atoms with Gasteiger partial charge in [0.15, 0.2) is 5.69 Å². The molecular formula is C15H9ClF3N3O. The van der Waals surface area contributed by atoms with Gasteiger partial charge in [0, 0.05) is 10.4 Å². The molecule has 8 heteroatoms. The largest absolute Gasteiger partial charge is 0.493 e. The van der Waals surface area contributed by atoms with Crippen molar-refractivity contribution >= 4 is 33.9 Å². The highest BCUT2D eigenvalue weighted by molar-refractivity contribution is 6.31. The van der Waals surface area contributed by atoms with Crippen LogP contribution in [0.15, 0.2) is 52.7 Å². The van der Waals surface area contributed by atoms with E-state index in [2.05, 4.69) is 15.2 Å². The van der Waals surface area contributed by atoms with E-state index >= 15 is 0 Å². The zero-order valence-electron chi connectivity index (χ0n) is 11.4. The van der Waals surface area contributed by atoms with Gasteiger partial charge in [-0.05, 0) is 36.4 Å². The van der Waals surface area contributed by atoms with E-state index in [9.17, 15) is 18.3 Å². The summed E-state index contributed by atoms with van der Waals surface area (Å²) >= 11 is 5.90. The van der Waals surface area contributed by atoms with E-state index in [1.165, 1.54) is 12.1 Å². The molecule has 23 heavy (non-hydrogen) atoms. The van der Waals surface area contributed by atoms with Crippen molar-refractivity contribution in [2.75, 3.05) is 0 Å². The number of rotatable bonds is 2. The maximum Gasteiger partial charge on any atom is 0.416 e. The van der Waals surface area contributed by atoms with Gasteiger partial charge in [-0.2, -0.15) is 18.3 Å². The van der Waals surface area contributed by atoms with Crippen molar-refractivity contribution in [2.45, 2.75) is 6.18 Å². The zero-order chi connectivity index (χ0) is 16.6. The Kier molecular flexibility index (Phi) is 3.73. The van der Waals surface area contributed by atoms with E-state index in [1.807, 2.05) is 0 Å². The van der Waals surface area contributed by atoms with Gasteiger partial charge in [-0.15, -0.1) is 5.11 Å². The molecule has 3 aromatic rings. The highest BCUT2D eigenvalue weighted by Crippen LogP contribution is 2.38. The number of alkyl halides is 3. The molecule has 118 valence electrons. The Morgan fingerprint density at radius 3 is 2.57 bits per heavy atom. The SMILES string of the molecule is Oc1[nH]c2ccc(Cl)cc2c1N=Nc1cccc(C(F)(F)F)c1. The number of nitrogens with zero attached hydrogens (tertiary/aromatic N) is 2. The fourth-order valence-corrected chi connectivity index (χ4v) is 2.26. The highest BCUT2D eigenvalue weighted by Gasteiger charge is 2.30. The molecule has 0 aliphatic rings. The lowest BCUT2D eigenvalue weighted by atomic mass is 10.2. The average Bonchev–Trinajstić information content (AvgIpc) is 2.79. The number of hydrogen-bond donors (Lipinski definition) is 2.